The number of benzene rings is 1. The summed E-state index contributed by atoms with van der Waals surface area (Å²) < 4.78 is 5.54. The first-order valence-corrected chi connectivity index (χ1v) is 8.53. The van der Waals surface area contributed by atoms with E-state index in [1.165, 1.54) is 10.4 Å². The largest absolute Gasteiger partial charge is 0.392 e. The third-order valence-corrected chi connectivity index (χ3v) is 5.55. The third-order valence-electron chi connectivity index (χ3n) is 4.62. The van der Waals surface area contributed by atoms with Crippen LogP contribution in [0.3, 0.4) is 0 Å². The summed E-state index contributed by atoms with van der Waals surface area (Å²) in [6.07, 6.45) is 3.26. The van der Waals surface area contributed by atoms with Gasteiger partial charge in [0.05, 0.1) is 6.10 Å². The topological polar surface area (TPSA) is 29.5 Å². The molecular formula is C18H22O2S. The van der Waals surface area contributed by atoms with Crippen molar-refractivity contribution in [1.29, 1.82) is 0 Å². The molecule has 2 aromatic rings. The third kappa shape index (κ3) is 3.20. The maximum absolute atomic E-state index is 10.9. The number of thiophene rings is 1. The standard InChI is InChI=1S/C18H22O2S/c19-17(9-8-16-7-4-14-21-16)18(10-12-20-13-11-18)15-5-2-1-3-6-15/h1-7,14,17,19H,8-13H2. The Hall–Kier alpha value is -1.16. The van der Waals surface area contributed by atoms with Crippen LogP contribution in [-0.2, 0) is 16.6 Å². The van der Waals surface area contributed by atoms with E-state index >= 15 is 0 Å². The second-order valence-electron chi connectivity index (χ2n) is 5.77. The van der Waals surface area contributed by atoms with Gasteiger partial charge in [-0.05, 0) is 42.7 Å². The molecule has 0 bridgehead atoms. The van der Waals surface area contributed by atoms with Crippen molar-refractivity contribution in [3.8, 4) is 0 Å². The first-order valence-electron chi connectivity index (χ1n) is 7.65. The Morgan fingerprint density at radius 2 is 1.86 bits per heavy atom. The smallest absolute Gasteiger partial charge is 0.0642 e. The van der Waals surface area contributed by atoms with E-state index < -0.39 is 0 Å². The van der Waals surface area contributed by atoms with E-state index in [4.69, 9.17) is 4.74 Å². The van der Waals surface area contributed by atoms with Crippen LogP contribution in [0.25, 0.3) is 0 Å². The lowest BCUT2D eigenvalue weighted by atomic mass is 9.69. The Morgan fingerprint density at radius 3 is 2.52 bits per heavy atom. The molecule has 1 atom stereocenters. The zero-order valence-electron chi connectivity index (χ0n) is 12.2. The molecule has 3 rings (SSSR count). The van der Waals surface area contributed by atoms with Gasteiger partial charge in [-0.1, -0.05) is 36.4 Å². The lowest BCUT2D eigenvalue weighted by Crippen LogP contribution is -2.44. The van der Waals surface area contributed by atoms with Crippen molar-refractivity contribution in [1.82, 2.24) is 0 Å². The summed E-state index contributed by atoms with van der Waals surface area (Å²) in [5.74, 6) is 0. The molecule has 0 amide bonds. The molecule has 1 N–H and O–H groups in total. The predicted octanol–water partition coefficient (Wildman–Crippen LogP) is 3.79. The van der Waals surface area contributed by atoms with Crippen LogP contribution >= 0.6 is 11.3 Å². The average Bonchev–Trinajstić information content (AvgIpc) is 3.07. The van der Waals surface area contributed by atoms with Gasteiger partial charge in [0.2, 0.25) is 0 Å². The molecule has 1 saturated heterocycles. The van der Waals surface area contributed by atoms with Crippen molar-refractivity contribution in [3.05, 3.63) is 58.3 Å². The SMILES string of the molecule is OC(CCc1cccs1)C1(c2ccccc2)CCOCC1. The molecule has 2 heterocycles. The summed E-state index contributed by atoms with van der Waals surface area (Å²) in [7, 11) is 0. The van der Waals surface area contributed by atoms with Crippen molar-refractivity contribution in [2.24, 2.45) is 0 Å². The number of ether oxygens (including phenoxy) is 1. The van der Waals surface area contributed by atoms with Crippen molar-refractivity contribution in [2.45, 2.75) is 37.2 Å². The maximum Gasteiger partial charge on any atom is 0.0642 e. The Bertz CT molecular complexity index is 530. The number of aryl methyl sites for hydroxylation is 1. The van der Waals surface area contributed by atoms with Gasteiger partial charge in [-0.2, -0.15) is 0 Å². The molecule has 1 fully saturated rings. The van der Waals surface area contributed by atoms with E-state index in [2.05, 4.69) is 41.8 Å². The Labute approximate surface area is 130 Å². The fourth-order valence-corrected chi connectivity index (χ4v) is 4.05. The molecule has 1 unspecified atom stereocenters. The molecular weight excluding hydrogens is 280 g/mol. The second kappa shape index (κ2) is 6.73. The van der Waals surface area contributed by atoms with Crippen LogP contribution in [-0.4, -0.2) is 24.4 Å². The van der Waals surface area contributed by atoms with Crippen molar-refractivity contribution in [3.63, 3.8) is 0 Å². The fourth-order valence-electron chi connectivity index (χ4n) is 3.33. The summed E-state index contributed by atoms with van der Waals surface area (Å²) in [6, 6.07) is 14.7. The minimum atomic E-state index is -0.314. The van der Waals surface area contributed by atoms with Crippen LogP contribution in [0.15, 0.2) is 47.8 Å². The molecule has 1 aromatic heterocycles. The molecule has 21 heavy (non-hydrogen) atoms. The van der Waals surface area contributed by atoms with E-state index in [1.54, 1.807) is 11.3 Å². The lowest BCUT2D eigenvalue weighted by molar-refractivity contribution is -0.0186. The molecule has 0 radical (unpaired) electrons. The van der Waals surface area contributed by atoms with Gasteiger partial charge in [0, 0.05) is 23.5 Å². The molecule has 2 nitrogen and oxygen atoms in total. The van der Waals surface area contributed by atoms with Gasteiger partial charge in [-0.15, -0.1) is 11.3 Å². The summed E-state index contributed by atoms with van der Waals surface area (Å²) in [5.41, 5.74) is 1.11. The van der Waals surface area contributed by atoms with E-state index in [0.29, 0.717) is 0 Å². The second-order valence-corrected chi connectivity index (χ2v) is 6.80. The van der Waals surface area contributed by atoms with Crippen LogP contribution < -0.4 is 0 Å². The normalized spacial score (nSPS) is 19.3. The van der Waals surface area contributed by atoms with Crippen LogP contribution in [0.2, 0.25) is 0 Å². The van der Waals surface area contributed by atoms with Crippen LogP contribution in [0.1, 0.15) is 29.7 Å². The van der Waals surface area contributed by atoms with Gasteiger partial charge < -0.3 is 9.84 Å². The highest BCUT2D eigenvalue weighted by atomic mass is 32.1. The minimum absolute atomic E-state index is 0.142. The number of hydrogen-bond acceptors (Lipinski definition) is 3. The minimum Gasteiger partial charge on any atom is -0.392 e. The van der Waals surface area contributed by atoms with E-state index in [0.717, 1.165) is 38.9 Å². The Kier molecular flexibility index (Phi) is 4.73. The summed E-state index contributed by atoms with van der Waals surface area (Å²) in [4.78, 5) is 1.35. The van der Waals surface area contributed by atoms with Gasteiger partial charge >= 0.3 is 0 Å². The lowest BCUT2D eigenvalue weighted by Gasteiger charge is -2.41. The summed E-state index contributed by atoms with van der Waals surface area (Å²) in [6.45, 7) is 1.48. The molecule has 1 aliphatic heterocycles. The highest BCUT2D eigenvalue weighted by Crippen LogP contribution is 2.39. The van der Waals surface area contributed by atoms with Crippen LogP contribution in [0.5, 0.6) is 0 Å². The Balaban J connectivity index is 1.78. The molecule has 112 valence electrons. The van der Waals surface area contributed by atoms with Gasteiger partial charge in [-0.25, -0.2) is 0 Å². The first kappa shape index (κ1) is 14.8. The molecule has 0 aliphatic carbocycles. The van der Waals surface area contributed by atoms with Crippen molar-refractivity contribution in [2.75, 3.05) is 13.2 Å². The van der Waals surface area contributed by atoms with E-state index in [9.17, 15) is 5.11 Å². The van der Waals surface area contributed by atoms with Crippen LogP contribution in [0.4, 0.5) is 0 Å². The quantitative estimate of drug-likeness (QED) is 0.910. The number of aliphatic hydroxyl groups is 1. The van der Waals surface area contributed by atoms with Crippen molar-refractivity contribution < 1.29 is 9.84 Å². The van der Waals surface area contributed by atoms with Crippen molar-refractivity contribution >= 4 is 11.3 Å². The van der Waals surface area contributed by atoms with Gasteiger partial charge in [-0.3, -0.25) is 0 Å². The zero-order chi connectivity index (χ0) is 14.5. The van der Waals surface area contributed by atoms with Gasteiger partial charge in [0.1, 0.15) is 0 Å². The highest BCUT2D eigenvalue weighted by Gasteiger charge is 2.40. The van der Waals surface area contributed by atoms with Crippen LogP contribution in [0, 0.1) is 0 Å². The molecule has 0 spiro atoms. The predicted molar refractivity (Wildman–Crippen MR) is 86.8 cm³/mol. The zero-order valence-corrected chi connectivity index (χ0v) is 13.0. The van der Waals surface area contributed by atoms with E-state index in [1.807, 2.05) is 6.07 Å². The molecule has 3 heteroatoms. The van der Waals surface area contributed by atoms with Gasteiger partial charge in [0.15, 0.2) is 0 Å². The highest BCUT2D eigenvalue weighted by molar-refractivity contribution is 7.09. The average molecular weight is 302 g/mol. The summed E-state index contributed by atoms with van der Waals surface area (Å²) >= 11 is 1.77. The number of rotatable bonds is 5. The molecule has 1 aliphatic rings. The molecule has 0 saturated carbocycles. The Morgan fingerprint density at radius 1 is 1.10 bits per heavy atom. The number of hydrogen-bond donors (Lipinski definition) is 1. The molecule has 1 aromatic carbocycles. The van der Waals surface area contributed by atoms with E-state index in [-0.39, 0.29) is 11.5 Å². The number of aliphatic hydroxyl groups excluding tert-OH is 1. The van der Waals surface area contributed by atoms with Gasteiger partial charge in [0.25, 0.3) is 0 Å². The first-order chi connectivity index (χ1) is 10.3. The fraction of sp³-hybridized carbons (Fsp3) is 0.444. The maximum atomic E-state index is 10.9. The summed E-state index contributed by atoms with van der Waals surface area (Å²) in [5, 5.41) is 13.0. The monoisotopic (exact) mass is 302 g/mol.